The highest BCUT2D eigenvalue weighted by Gasteiger charge is 2.14. The highest BCUT2D eigenvalue weighted by molar-refractivity contribution is 5.94. The summed E-state index contributed by atoms with van der Waals surface area (Å²) in [5.41, 5.74) is 1.43. The summed E-state index contributed by atoms with van der Waals surface area (Å²) in [4.78, 5) is 25.5. The van der Waals surface area contributed by atoms with Crippen molar-refractivity contribution in [3.05, 3.63) is 53.8 Å². The van der Waals surface area contributed by atoms with Crippen molar-refractivity contribution in [3.8, 4) is 11.5 Å². The number of amides is 2. The van der Waals surface area contributed by atoms with E-state index in [0.29, 0.717) is 30.2 Å². The first kappa shape index (κ1) is 20.2. The Hall–Kier alpha value is -3.09. The number of ether oxygens (including phenoxy) is 2. The van der Waals surface area contributed by atoms with Crippen LogP contribution in [0, 0.1) is 5.82 Å². The van der Waals surface area contributed by atoms with Gasteiger partial charge in [0, 0.05) is 19.2 Å². The molecule has 0 aliphatic rings. The molecule has 0 aromatic heterocycles. The lowest BCUT2D eigenvalue weighted by Gasteiger charge is -2.21. The Balaban J connectivity index is 1.96. The zero-order chi connectivity index (χ0) is 19.8. The Kier molecular flexibility index (Phi) is 7.16. The number of hydrogen-bond acceptors (Lipinski definition) is 4. The molecule has 0 bridgehead atoms. The fourth-order valence-electron chi connectivity index (χ4n) is 2.56. The highest BCUT2D eigenvalue weighted by atomic mass is 19.1. The first-order valence-electron chi connectivity index (χ1n) is 8.44. The van der Waals surface area contributed by atoms with E-state index in [1.54, 1.807) is 20.3 Å². The number of benzene rings is 2. The van der Waals surface area contributed by atoms with Crippen LogP contribution in [0.5, 0.6) is 11.5 Å². The summed E-state index contributed by atoms with van der Waals surface area (Å²) in [6.45, 7) is 1.71. The molecule has 1 N–H and O–H groups in total. The molecule has 144 valence electrons. The van der Waals surface area contributed by atoms with E-state index in [9.17, 15) is 14.0 Å². The predicted molar refractivity (Wildman–Crippen MR) is 101 cm³/mol. The highest BCUT2D eigenvalue weighted by Crippen LogP contribution is 2.27. The summed E-state index contributed by atoms with van der Waals surface area (Å²) in [6, 6.07) is 11.0. The van der Waals surface area contributed by atoms with Crippen molar-refractivity contribution in [3.63, 3.8) is 0 Å². The van der Waals surface area contributed by atoms with Crippen LogP contribution in [-0.4, -0.2) is 44.0 Å². The number of nitrogens with one attached hydrogen (secondary N) is 1. The van der Waals surface area contributed by atoms with E-state index in [4.69, 9.17) is 9.47 Å². The number of carbonyl (C=O) groups is 2. The zero-order valence-electron chi connectivity index (χ0n) is 15.6. The maximum atomic E-state index is 12.9. The number of anilines is 1. The molecule has 2 rings (SSSR count). The van der Waals surface area contributed by atoms with E-state index >= 15 is 0 Å². The van der Waals surface area contributed by atoms with Crippen LogP contribution in [0.3, 0.4) is 0 Å². The number of halogens is 1. The monoisotopic (exact) mass is 374 g/mol. The first-order chi connectivity index (χ1) is 12.9. The molecule has 2 aromatic carbocycles. The molecule has 2 amide bonds. The summed E-state index contributed by atoms with van der Waals surface area (Å²) >= 11 is 0. The molecule has 0 unspecified atom stereocenters. The van der Waals surface area contributed by atoms with Crippen LogP contribution < -0.4 is 14.8 Å². The zero-order valence-corrected chi connectivity index (χ0v) is 15.6. The largest absolute Gasteiger partial charge is 0.493 e. The van der Waals surface area contributed by atoms with Crippen LogP contribution in [0.25, 0.3) is 0 Å². The smallest absolute Gasteiger partial charge is 0.243 e. The van der Waals surface area contributed by atoms with E-state index < -0.39 is 0 Å². The molecule has 0 atom stereocenters. The van der Waals surface area contributed by atoms with E-state index in [0.717, 1.165) is 5.56 Å². The minimum atomic E-state index is -0.381. The van der Waals surface area contributed by atoms with Crippen molar-refractivity contribution < 1.29 is 23.5 Å². The summed E-state index contributed by atoms with van der Waals surface area (Å²) < 4.78 is 23.4. The van der Waals surface area contributed by atoms with Crippen LogP contribution in [0.15, 0.2) is 42.5 Å². The topological polar surface area (TPSA) is 67.9 Å². The van der Waals surface area contributed by atoms with Crippen LogP contribution in [0.2, 0.25) is 0 Å². The molecular weight excluding hydrogens is 351 g/mol. The van der Waals surface area contributed by atoms with E-state index in [2.05, 4.69) is 5.32 Å². The number of methoxy groups -OCH3 is 2. The number of rotatable bonds is 8. The molecule has 2 aromatic rings. The Bertz CT molecular complexity index is 793. The SMILES string of the molecule is COc1ccc(CCN(CC(=O)Nc2ccc(F)cc2)C(C)=O)cc1OC. The van der Waals surface area contributed by atoms with Crippen molar-refractivity contribution in [1.82, 2.24) is 4.90 Å². The minimum Gasteiger partial charge on any atom is -0.493 e. The second-order valence-corrected chi connectivity index (χ2v) is 5.93. The maximum Gasteiger partial charge on any atom is 0.243 e. The van der Waals surface area contributed by atoms with E-state index in [1.165, 1.54) is 36.1 Å². The standard InChI is InChI=1S/C20H23FN2O4/c1-14(24)23(13-20(25)22-17-7-5-16(21)6-8-17)11-10-15-4-9-18(26-2)19(12-15)27-3/h4-9,12H,10-11,13H2,1-3H3,(H,22,25). The van der Waals surface area contributed by atoms with Gasteiger partial charge in [0.2, 0.25) is 11.8 Å². The molecule has 0 radical (unpaired) electrons. The van der Waals surface area contributed by atoms with Crippen LogP contribution in [0.1, 0.15) is 12.5 Å². The fraction of sp³-hybridized carbons (Fsp3) is 0.300. The third-order valence-electron chi connectivity index (χ3n) is 4.03. The Morgan fingerprint density at radius 1 is 1.04 bits per heavy atom. The van der Waals surface area contributed by atoms with Gasteiger partial charge in [-0.3, -0.25) is 9.59 Å². The molecule has 27 heavy (non-hydrogen) atoms. The maximum absolute atomic E-state index is 12.9. The molecule has 0 saturated heterocycles. The van der Waals surface area contributed by atoms with Gasteiger partial charge >= 0.3 is 0 Å². The van der Waals surface area contributed by atoms with Gasteiger partial charge in [0.15, 0.2) is 11.5 Å². The molecule has 6 nitrogen and oxygen atoms in total. The summed E-state index contributed by atoms with van der Waals surface area (Å²) in [5.74, 6) is 0.309. The fourth-order valence-corrected chi connectivity index (χ4v) is 2.56. The number of nitrogens with zero attached hydrogens (tertiary/aromatic N) is 1. The first-order valence-corrected chi connectivity index (χ1v) is 8.44. The average Bonchev–Trinajstić information content (AvgIpc) is 2.66. The van der Waals surface area contributed by atoms with Gasteiger partial charge in [0.25, 0.3) is 0 Å². The van der Waals surface area contributed by atoms with Crippen molar-refractivity contribution in [1.29, 1.82) is 0 Å². The van der Waals surface area contributed by atoms with Gasteiger partial charge in [0.1, 0.15) is 5.82 Å². The van der Waals surface area contributed by atoms with Gasteiger partial charge in [-0.1, -0.05) is 6.07 Å². The second kappa shape index (κ2) is 9.56. The van der Waals surface area contributed by atoms with Gasteiger partial charge in [-0.05, 0) is 48.4 Å². The summed E-state index contributed by atoms with van der Waals surface area (Å²) in [5, 5.41) is 2.65. The molecule has 0 aliphatic heterocycles. The third kappa shape index (κ3) is 5.99. The average molecular weight is 374 g/mol. The molecule has 0 fully saturated rings. The molecule has 7 heteroatoms. The second-order valence-electron chi connectivity index (χ2n) is 5.93. The van der Waals surface area contributed by atoms with Crippen LogP contribution in [-0.2, 0) is 16.0 Å². The summed E-state index contributed by atoms with van der Waals surface area (Å²) in [6.07, 6.45) is 0.559. The van der Waals surface area contributed by atoms with E-state index in [1.807, 2.05) is 12.1 Å². The van der Waals surface area contributed by atoms with Gasteiger partial charge in [-0.15, -0.1) is 0 Å². The van der Waals surface area contributed by atoms with Crippen molar-refractivity contribution in [2.24, 2.45) is 0 Å². The van der Waals surface area contributed by atoms with Crippen molar-refractivity contribution >= 4 is 17.5 Å². The molecule has 0 saturated carbocycles. The third-order valence-corrected chi connectivity index (χ3v) is 4.03. The number of carbonyl (C=O) groups excluding carboxylic acids is 2. The van der Waals surface area contributed by atoms with Gasteiger partial charge in [-0.25, -0.2) is 4.39 Å². The molecule has 0 heterocycles. The Morgan fingerprint density at radius 3 is 2.30 bits per heavy atom. The lowest BCUT2D eigenvalue weighted by molar-refractivity contribution is -0.132. The summed E-state index contributed by atoms with van der Waals surface area (Å²) in [7, 11) is 3.12. The number of hydrogen-bond donors (Lipinski definition) is 1. The van der Waals surface area contributed by atoms with Crippen molar-refractivity contribution in [2.75, 3.05) is 32.6 Å². The van der Waals surface area contributed by atoms with Crippen LogP contribution in [0.4, 0.5) is 10.1 Å². The Labute approximate surface area is 157 Å². The lowest BCUT2D eigenvalue weighted by atomic mass is 10.1. The normalized spacial score (nSPS) is 10.2. The molecular formula is C20H23FN2O4. The molecule has 0 aliphatic carbocycles. The van der Waals surface area contributed by atoms with Crippen LogP contribution >= 0.6 is 0 Å². The minimum absolute atomic E-state index is 0.0833. The molecule has 0 spiro atoms. The quantitative estimate of drug-likeness (QED) is 0.772. The van der Waals surface area contributed by atoms with Gasteiger partial charge in [0.05, 0.1) is 20.8 Å². The van der Waals surface area contributed by atoms with Gasteiger partial charge in [-0.2, -0.15) is 0 Å². The van der Waals surface area contributed by atoms with Gasteiger partial charge < -0.3 is 19.7 Å². The lowest BCUT2D eigenvalue weighted by Crippen LogP contribution is -2.38. The Morgan fingerprint density at radius 2 is 1.70 bits per heavy atom. The predicted octanol–water partition coefficient (Wildman–Crippen LogP) is 2.87. The van der Waals surface area contributed by atoms with Crippen molar-refractivity contribution in [2.45, 2.75) is 13.3 Å². The van der Waals surface area contributed by atoms with E-state index in [-0.39, 0.29) is 24.2 Å².